The molecule has 20 aromatic heterocycles. The van der Waals surface area contributed by atoms with Gasteiger partial charge < -0.3 is 30.2 Å². The first kappa shape index (κ1) is 98.7. The van der Waals surface area contributed by atoms with Crippen molar-refractivity contribution in [2.24, 2.45) is 5.92 Å². The number of piperidine rings is 4. The molecule has 6 fully saturated rings. The number of pyridine rings is 2. The maximum Gasteiger partial charge on any atom is 0.275 e. The Kier molecular flexibility index (Phi) is 27.0. The van der Waals surface area contributed by atoms with E-state index in [-0.39, 0.29) is 27.8 Å². The summed E-state index contributed by atoms with van der Waals surface area (Å²) in [6, 6.07) is 36.3. The first-order valence-corrected chi connectivity index (χ1v) is 52.1. The Bertz CT molecular complexity index is 8970. The minimum absolute atomic E-state index is 0.0950. The van der Waals surface area contributed by atoms with Crippen molar-refractivity contribution in [1.82, 2.24) is 161 Å². The summed E-state index contributed by atoms with van der Waals surface area (Å²) in [4.78, 5) is 122. The second kappa shape index (κ2) is 41.0. The highest BCUT2D eigenvalue weighted by Gasteiger charge is 2.34. The number of nitrogens with one attached hydrogen (secondary N) is 2. The molecule has 0 bridgehead atoms. The van der Waals surface area contributed by atoms with Crippen molar-refractivity contribution in [3.8, 4) is 56.9 Å². The molecule has 0 spiro atoms. The molecule has 6 saturated heterocycles. The zero-order chi connectivity index (χ0) is 104. The molecule has 6 aliphatic heterocycles. The van der Waals surface area contributed by atoms with Gasteiger partial charge in [-0.1, -0.05) is 13.8 Å². The van der Waals surface area contributed by atoms with Crippen LogP contribution in [-0.4, -0.2) is 261 Å². The van der Waals surface area contributed by atoms with Gasteiger partial charge in [0.25, 0.3) is 27.8 Å². The number of likely N-dealkylation sites (tertiary alicyclic amines) is 2. The zero-order valence-corrected chi connectivity index (χ0v) is 87.3. The van der Waals surface area contributed by atoms with E-state index in [4.69, 9.17) is 9.97 Å². The fourth-order valence-corrected chi connectivity index (χ4v) is 22.2. The number of piperazine rings is 1. The average molecular weight is 2020 g/mol. The molecule has 0 aliphatic carbocycles. The Labute approximate surface area is 862 Å². The van der Waals surface area contributed by atoms with Crippen LogP contribution in [0.2, 0.25) is 0 Å². The minimum atomic E-state index is -0.195. The third kappa shape index (κ3) is 20.1. The fourth-order valence-electron chi connectivity index (χ4n) is 22.2. The van der Waals surface area contributed by atoms with E-state index in [0.717, 1.165) is 255 Å². The predicted molar refractivity (Wildman–Crippen MR) is 577 cm³/mol. The maximum absolute atomic E-state index is 13.1. The van der Waals surface area contributed by atoms with Crippen LogP contribution < -0.4 is 48.2 Å². The van der Waals surface area contributed by atoms with Gasteiger partial charge in [0, 0.05) is 105 Å². The molecule has 0 amide bonds. The van der Waals surface area contributed by atoms with Crippen molar-refractivity contribution in [1.29, 1.82) is 0 Å². The normalized spacial score (nSPS) is 17.3. The molecule has 6 aliphatic rings. The van der Waals surface area contributed by atoms with E-state index < -0.39 is 0 Å². The average Bonchev–Trinajstić information content (AvgIpc) is 0.900. The molecule has 0 saturated carbocycles. The number of rotatable bonds is 12. The lowest BCUT2D eigenvalue weighted by Gasteiger charge is -2.40. The molecule has 26 heterocycles. The summed E-state index contributed by atoms with van der Waals surface area (Å²) in [5.41, 5.74) is 27.8. The third-order valence-electron chi connectivity index (χ3n) is 30.2. The van der Waals surface area contributed by atoms with E-state index in [0.29, 0.717) is 121 Å². The molecule has 0 aromatic carbocycles. The van der Waals surface area contributed by atoms with Gasteiger partial charge in [-0.05, 0) is 297 Å². The van der Waals surface area contributed by atoms with Crippen LogP contribution in [0, 0.1) is 82.1 Å². The van der Waals surface area contributed by atoms with Gasteiger partial charge in [0.15, 0.2) is 16.9 Å². The number of likely N-dealkylation sites (N-methyl/N-ethyl adjacent to an activating group) is 1. The second-order valence-corrected chi connectivity index (χ2v) is 40.9. The first-order valence-electron chi connectivity index (χ1n) is 52.1. The van der Waals surface area contributed by atoms with Gasteiger partial charge in [0.2, 0.25) is 0 Å². The maximum atomic E-state index is 13.1. The number of aryl methyl sites for hydroxylation is 11. The van der Waals surface area contributed by atoms with Crippen molar-refractivity contribution in [2.75, 3.05) is 108 Å². The van der Waals surface area contributed by atoms with Crippen molar-refractivity contribution >= 4 is 67.2 Å². The summed E-state index contributed by atoms with van der Waals surface area (Å²) in [6.45, 7) is 42.6. The van der Waals surface area contributed by atoms with Crippen LogP contribution in [0.15, 0.2) is 183 Å². The number of nitrogens with zero attached hydrogens (tertiary/aromatic N) is 33. The molecule has 150 heavy (non-hydrogen) atoms. The van der Waals surface area contributed by atoms with Crippen molar-refractivity contribution in [2.45, 2.75) is 178 Å². The van der Waals surface area contributed by atoms with Crippen LogP contribution in [0.25, 0.3) is 113 Å². The summed E-state index contributed by atoms with van der Waals surface area (Å²) >= 11 is 0. The van der Waals surface area contributed by atoms with Gasteiger partial charge in [0.1, 0.15) is 39.8 Å². The number of anilines is 2. The zero-order valence-electron chi connectivity index (χ0n) is 87.3. The number of fused-ring (bicyclic) bond motifs is 11. The van der Waals surface area contributed by atoms with Crippen molar-refractivity contribution < 1.29 is 0 Å². The number of hydrogen-bond acceptors (Lipinski definition) is 30. The van der Waals surface area contributed by atoms with Gasteiger partial charge in [-0.25, -0.2) is 47.5 Å². The van der Waals surface area contributed by atoms with Crippen LogP contribution in [0.3, 0.4) is 0 Å². The Hall–Kier alpha value is -15.9. The second-order valence-electron chi connectivity index (χ2n) is 40.9. The van der Waals surface area contributed by atoms with Gasteiger partial charge in [-0.3, -0.25) is 62.6 Å². The van der Waals surface area contributed by atoms with Crippen LogP contribution in [-0.2, 0) is 0 Å². The highest BCUT2D eigenvalue weighted by molar-refractivity contribution is 5.72. The lowest BCUT2D eigenvalue weighted by molar-refractivity contribution is 0.199. The molecule has 3 atom stereocenters. The highest BCUT2D eigenvalue weighted by atomic mass is 16.1. The van der Waals surface area contributed by atoms with Crippen LogP contribution in [0.1, 0.15) is 169 Å². The molecule has 768 valence electrons. The van der Waals surface area contributed by atoms with Crippen molar-refractivity contribution in [3.63, 3.8) is 0 Å². The molecule has 26 rings (SSSR count). The predicted octanol–water partition coefficient (Wildman–Crippen LogP) is 11.8. The summed E-state index contributed by atoms with van der Waals surface area (Å²) in [5.74, 6) is 1.85. The Morgan fingerprint density at radius 3 is 1.11 bits per heavy atom. The van der Waals surface area contributed by atoms with Crippen molar-refractivity contribution in [3.05, 3.63) is 290 Å². The monoisotopic (exact) mass is 2010 g/mol. The summed E-state index contributed by atoms with van der Waals surface area (Å²) in [7, 11) is 2.14. The Balaban J connectivity index is 0.000000106. The van der Waals surface area contributed by atoms with E-state index in [1.807, 2.05) is 197 Å². The highest BCUT2D eigenvalue weighted by Crippen LogP contribution is 2.35. The van der Waals surface area contributed by atoms with Crippen LogP contribution in [0.5, 0.6) is 0 Å². The quantitative estimate of drug-likeness (QED) is 0.115. The third-order valence-corrected chi connectivity index (χ3v) is 30.2. The fraction of sp³-hybridized carbons (Fsp3) is 0.391. The molecule has 2 N–H and O–H groups in total. The topological polar surface area (TPSA) is 402 Å². The lowest BCUT2D eigenvalue weighted by Crippen LogP contribution is -2.51. The smallest absolute Gasteiger partial charge is 0.275 e. The summed E-state index contributed by atoms with van der Waals surface area (Å²) in [5, 5.41) is 43.8. The molecule has 40 nitrogen and oxygen atoms in total. The summed E-state index contributed by atoms with van der Waals surface area (Å²) in [6.07, 6.45) is 21.9. The molecule has 40 heteroatoms. The molecule has 2 unspecified atom stereocenters. The minimum Gasteiger partial charge on any atom is -0.370 e. The summed E-state index contributed by atoms with van der Waals surface area (Å²) < 4.78 is 16.5. The van der Waals surface area contributed by atoms with E-state index in [2.05, 4.69) is 156 Å². The van der Waals surface area contributed by atoms with Gasteiger partial charge in [0.05, 0.1) is 172 Å². The van der Waals surface area contributed by atoms with Crippen LogP contribution in [0.4, 0.5) is 11.4 Å². The SMILES string of the molecule is CCN1CCC(c2ccc3nc(-c4cc5c(C)nc(C)cn5n4)cc(=O)n3n2)CC1.CCN1CCN(c2cc(C)c3nc(-c4cc5c(C)nc(C)cn5n4)cc(=O)n3c2)C[C@H]1C.Cc1cn2nc(-c3cc(=O)n4cc(N5CCC6NCCC6C5)ccc4n3)cc2c(C)n1.Cc1cn2nc(-c3cc(=O)n4nc(C5CCN(C)CC5)ccc4n3)cc2c(C)n1.Cc1cn2nc(-c3cc(=O)n4nc(C5CCNCC5)ccc4n3)cc2c(C)n1. The van der Waals surface area contributed by atoms with E-state index in [9.17, 15) is 24.0 Å². The Morgan fingerprint density at radius 1 is 0.320 bits per heavy atom. The van der Waals surface area contributed by atoms with Gasteiger partial charge in [-0.2, -0.15) is 54.3 Å². The van der Waals surface area contributed by atoms with Gasteiger partial charge in [-0.15, -0.1) is 0 Å². The molecular weight excluding hydrogens is 1890 g/mol. The molecule has 0 radical (unpaired) electrons. The Morgan fingerprint density at radius 2 is 0.693 bits per heavy atom. The number of aromatic nitrogens is 28. The van der Waals surface area contributed by atoms with E-state index in [1.165, 1.54) is 38.2 Å². The molecular formula is C110H123N35O5. The van der Waals surface area contributed by atoms with Crippen LogP contribution >= 0.6 is 0 Å². The lowest BCUT2D eigenvalue weighted by atomic mass is 9.93. The number of hydrogen-bond donors (Lipinski definition) is 2. The largest absolute Gasteiger partial charge is 0.370 e. The standard InChI is InChI=1S/C24H29N7O.C23H25N7O.C22H25N7O.C21H23N7O.C20H21N7O/c1-6-28-7-8-29(13-17(28)4)19-9-15(2)24-26-20(11-23(32)30(24)14-19)21-10-22-18(5)25-16(3)12-31(22)27-21;1-14-11-30-21(15(2)25-14)9-20(27-30)19-10-23(31)29-13-17(3-4-22(29)26-19)28-8-6-18-16(12-28)5-7-24-18;1-4-27-9-7-16(8-10-27)17-5-6-21-24-18(12-22(30)29(21)26-17)19-11-20-15(3)23-14(2)13-28(20)25-19;1-13-12-27-19(14(2)22-13)10-18(24-27)17-11-21(29)28-20(23-17)5-4-16(25-28)15-6-8-26(3)9-7-15;1-12-11-26-18(13(2)22-12)9-17(24-26)16-10-20(28)27-19(23-16)4-3-15(25-27)14-5-7-21-8-6-14/h9-12,14,17H,6-8,13H2,1-5H3;3-4,9-11,13,16,18,24H,5-8,12H2,1-2H3;5-6,11-13,16H,4,7-10H2,1-3H3;4-5,10-12,15H,6-9H2,1-3H3;3-4,9-11,14,21H,5-8H2,1-2H3/t17-;;;;/m1..../s1. The van der Waals surface area contributed by atoms with E-state index in [1.54, 1.807) is 39.0 Å². The molecule has 20 aromatic rings. The van der Waals surface area contributed by atoms with E-state index >= 15 is 0 Å². The first-order chi connectivity index (χ1) is 72.4. The van der Waals surface area contributed by atoms with Gasteiger partial charge >= 0.3 is 0 Å².